The van der Waals surface area contributed by atoms with Gasteiger partial charge in [-0.3, -0.25) is 0 Å². The Morgan fingerprint density at radius 1 is 1.36 bits per heavy atom. The Morgan fingerprint density at radius 2 is 2.14 bits per heavy atom. The summed E-state index contributed by atoms with van der Waals surface area (Å²) >= 11 is 3.53. The van der Waals surface area contributed by atoms with E-state index in [1.807, 2.05) is 31.4 Å². The molecule has 0 fully saturated rings. The molecule has 0 aliphatic heterocycles. The van der Waals surface area contributed by atoms with Gasteiger partial charge in [0.15, 0.2) is 6.20 Å². The van der Waals surface area contributed by atoms with Crippen LogP contribution in [-0.4, -0.2) is 7.11 Å². The maximum absolute atomic E-state index is 5.21. The first-order chi connectivity index (χ1) is 6.72. The lowest BCUT2D eigenvalue weighted by molar-refractivity contribution is -0.644. The molecule has 0 aliphatic rings. The Balaban J connectivity index is 2.83. The fourth-order valence-corrected chi connectivity index (χ4v) is 2.06. The van der Waals surface area contributed by atoms with E-state index in [-0.39, 0.29) is 0 Å². The molecule has 0 amide bonds. The van der Waals surface area contributed by atoms with Gasteiger partial charge in [0.25, 0.3) is 0 Å². The highest BCUT2D eigenvalue weighted by Crippen LogP contribution is 2.26. The first kappa shape index (κ1) is 9.46. The molecule has 0 atom stereocenters. The molecule has 0 radical (unpaired) electrons. The monoisotopic (exact) mass is 252 g/mol. The van der Waals surface area contributed by atoms with Gasteiger partial charge in [-0.1, -0.05) is 0 Å². The predicted octanol–water partition coefficient (Wildman–Crippen LogP) is 2.44. The Labute approximate surface area is 91.3 Å². The van der Waals surface area contributed by atoms with E-state index in [1.165, 1.54) is 5.39 Å². The summed E-state index contributed by atoms with van der Waals surface area (Å²) in [5.41, 5.74) is 1.15. The number of aryl methyl sites for hydroxylation is 1. The molecule has 2 aromatic rings. The van der Waals surface area contributed by atoms with Crippen LogP contribution in [0, 0.1) is 0 Å². The van der Waals surface area contributed by atoms with Crippen molar-refractivity contribution in [3.05, 3.63) is 34.9 Å². The van der Waals surface area contributed by atoms with Crippen molar-refractivity contribution >= 4 is 26.8 Å². The second-order valence-electron chi connectivity index (χ2n) is 3.16. The van der Waals surface area contributed by atoms with Crippen LogP contribution in [0.5, 0.6) is 5.75 Å². The Kier molecular flexibility index (Phi) is 2.42. The van der Waals surface area contributed by atoms with Crippen LogP contribution in [0.25, 0.3) is 10.9 Å². The van der Waals surface area contributed by atoms with Crippen LogP contribution in [0.1, 0.15) is 0 Å². The van der Waals surface area contributed by atoms with E-state index in [2.05, 4.69) is 26.6 Å². The van der Waals surface area contributed by atoms with Crippen molar-refractivity contribution in [3.8, 4) is 5.75 Å². The van der Waals surface area contributed by atoms with E-state index in [0.717, 1.165) is 15.7 Å². The lowest BCUT2D eigenvalue weighted by Gasteiger charge is -2.03. The SMILES string of the molecule is COc1cc(Br)c2ccc[n+](C)c2c1. The highest BCUT2D eigenvalue weighted by molar-refractivity contribution is 9.10. The van der Waals surface area contributed by atoms with Crippen molar-refractivity contribution in [1.82, 2.24) is 0 Å². The minimum Gasteiger partial charge on any atom is -0.496 e. The highest BCUT2D eigenvalue weighted by atomic mass is 79.9. The fourth-order valence-electron chi connectivity index (χ4n) is 1.50. The molecule has 1 heterocycles. The Morgan fingerprint density at radius 3 is 2.86 bits per heavy atom. The lowest BCUT2D eigenvalue weighted by atomic mass is 10.2. The van der Waals surface area contributed by atoms with Gasteiger partial charge in [-0.15, -0.1) is 0 Å². The zero-order chi connectivity index (χ0) is 10.1. The van der Waals surface area contributed by atoms with Gasteiger partial charge in [0.05, 0.1) is 18.6 Å². The summed E-state index contributed by atoms with van der Waals surface area (Å²) in [6.07, 6.45) is 2.02. The number of pyridine rings is 1. The second kappa shape index (κ2) is 3.58. The first-order valence-corrected chi connectivity index (χ1v) is 5.13. The van der Waals surface area contributed by atoms with E-state index in [1.54, 1.807) is 7.11 Å². The number of hydrogen-bond acceptors (Lipinski definition) is 1. The molecule has 0 aliphatic carbocycles. The lowest BCUT2D eigenvalue weighted by Crippen LogP contribution is -2.27. The van der Waals surface area contributed by atoms with Gasteiger partial charge >= 0.3 is 0 Å². The molecule has 0 N–H and O–H groups in total. The average molecular weight is 253 g/mol. The summed E-state index contributed by atoms with van der Waals surface area (Å²) in [6, 6.07) is 8.11. The first-order valence-electron chi connectivity index (χ1n) is 4.34. The fraction of sp³-hybridized carbons (Fsp3) is 0.182. The molecule has 1 aromatic carbocycles. The summed E-state index contributed by atoms with van der Waals surface area (Å²) in [5.74, 6) is 0.867. The average Bonchev–Trinajstić information content (AvgIpc) is 2.19. The largest absolute Gasteiger partial charge is 0.496 e. The highest BCUT2D eigenvalue weighted by Gasteiger charge is 2.09. The smallest absolute Gasteiger partial charge is 0.217 e. The van der Waals surface area contributed by atoms with Crippen molar-refractivity contribution in [2.45, 2.75) is 0 Å². The molecule has 0 saturated heterocycles. The minimum absolute atomic E-state index is 0.867. The third-order valence-electron chi connectivity index (χ3n) is 2.27. The number of halogens is 1. The summed E-state index contributed by atoms with van der Waals surface area (Å²) in [7, 11) is 3.70. The van der Waals surface area contributed by atoms with Crippen molar-refractivity contribution in [2.75, 3.05) is 7.11 Å². The van der Waals surface area contributed by atoms with E-state index < -0.39 is 0 Å². The second-order valence-corrected chi connectivity index (χ2v) is 4.02. The molecule has 2 rings (SSSR count). The van der Waals surface area contributed by atoms with Crippen LogP contribution in [0.4, 0.5) is 0 Å². The number of rotatable bonds is 1. The number of hydrogen-bond donors (Lipinski definition) is 0. The van der Waals surface area contributed by atoms with Crippen LogP contribution in [-0.2, 0) is 7.05 Å². The molecular weight excluding hydrogens is 242 g/mol. The zero-order valence-corrected chi connectivity index (χ0v) is 9.71. The Hall–Kier alpha value is -1.09. The van der Waals surface area contributed by atoms with Gasteiger partial charge in [-0.2, -0.15) is 0 Å². The van der Waals surface area contributed by atoms with Gasteiger partial charge in [-0.05, 0) is 28.1 Å². The normalized spacial score (nSPS) is 10.5. The molecule has 0 bridgehead atoms. The number of aromatic nitrogens is 1. The molecule has 1 aromatic heterocycles. The minimum atomic E-state index is 0.867. The van der Waals surface area contributed by atoms with E-state index in [0.29, 0.717) is 0 Å². The maximum atomic E-state index is 5.21. The number of ether oxygens (including phenoxy) is 1. The standard InChI is InChI=1S/C11H11BrNO/c1-13-5-3-4-9-10(12)6-8(14-2)7-11(9)13/h3-7H,1-2H3/q+1. The van der Waals surface area contributed by atoms with Crippen molar-refractivity contribution in [3.63, 3.8) is 0 Å². The number of fused-ring (bicyclic) bond motifs is 1. The summed E-state index contributed by atoms with van der Waals surface area (Å²) in [6.45, 7) is 0. The van der Waals surface area contributed by atoms with Gasteiger partial charge in [-0.25, -0.2) is 4.57 Å². The molecule has 0 saturated carbocycles. The van der Waals surface area contributed by atoms with Crippen molar-refractivity contribution in [1.29, 1.82) is 0 Å². The molecular formula is C11H11BrNO+. The quantitative estimate of drug-likeness (QED) is 0.711. The van der Waals surface area contributed by atoms with Crippen LogP contribution in [0.15, 0.2) is 34.9 Å². The van der Waals surface area contributed by atoms with Crippen LogP contribution < -0.4 is 9.30 Å². The van der Waals surface area contributed by atoms with Gasteiger partial charge in [0, 0.05) is 10.5 Å². The number of nitrogens with zero attached hydrogens (tertiary/aromatic N) is 1. The number of methoxy groups -OCH3 is 1. The van der Waals surface area contributed by atoms with E-state index >= 15 is 0 Å². The summed E-state index contributed by atoms with van der Waals surface area (Å²) in [5, 5.41) is 1.19. The Bertz CT molecular complexity index is 482. The topological polar surface area (TPSA) is 13.1 Å². The van der Waals surface area contributed by atoms with Crippen LogP contribution in [0.2, 0.25) is 0 Å². The number of benzene rings is 1. The maximum Gasteiger partial charge on any atom is 0.217 e. The van der Waals surface area contributed by atoms with Crippen molar-refractivity contribution < 1.29 is 9.30 Å². The van der Waals surface area contributed by atoms with E-state index in [9.17, 15) is 0 Å². The third kappa shape index (κ3) is 1.48. The van der Waals surface area contributed by atoms with Gasteiger partial charge in [0.2, 0.25) is 5.52 Å². The molecule has 2 nitrogen and oxygen atoms in total. The van der Waals surface area contributed by atoms with Crippen LogP contribution >= 0.6 is 15.9 Å². The molecule has 0 spiro atoms. The van der Waals surface area contributed by atoms with Crippen molar-refractivity contribution in [2.24, 2.45) is 7.05 Å². The summed E-state index contributed by atoms with van der Waals surface area (Å²) < 4.78 is 8.35. The third-order valence-corrected chi connectivity index (χ3v) is 2.93. The zero-order valence-electron chi connectivity index (χ0n) is 8.12. The summed E-state index contributed by atoms with van der Waals surface area (Å²) in [4.78, 5) is 0. The molecule has 72 valence electrons. The van der Waals surface area contributed by atoms with Crippen LogP contribution in [0.3, 0.4) is 0 Å². The molecule has 0 unspecified atom stereocenters. The van der Waals surface area contributed by atoms with E-state index in [4.69, 9.17) is 4.74 Å². The van der Waals surface area contributed by atoms with Gasteiger partial charge in [0.1, 0.15) is 12.8 Å². The molecule has 3 heteroatoms. The van der Waals surface area contributed by atoms with Gasteiger partial charge < -0.3 is 4.74 Å². The predicted molar refractivity (Wildman–Crippen MR) is 59.4 cm³/mol. The molecule has 14 heavy (non-hydrogen) atoms.